The van der Waals surface area contributed by atoms with E-state index in [9.17, 15) is 18.0 Å². The number of nitrogens with zero attached hydrogens (tertiary/aromatic N) is 1. The highest BCUT2D eigenvalue weighted by Gasteiger charge is 2.41. The Morgan fingerprint density at radius 3 is 2.42 bits per heavy atom. The van der Waals surface area contributed by atoms with Gasteiger partial charge in [0.1, 0.15) is 6.04 Å². The van der Waals surface area contributed by atoms with E-state index in [0.717, 1.165) is 4.31 Å². The molecule has 1 aliphatic rings. The van der Waals surface area contributed by atoms with E-state index >= 15 is 0 Å². The predicted octanol–water partition coefficient (Wildman–Crippen LogP) is 2.28. The number of ether oxygens (including phenoxy) is 3. The molecule has 33 heavy (non-hydrogen) atoms. The van der Waals surface area contributed by atoms with Gasteiger partial charge in [-0.3, -0.25) is 4.79 Å². The zero-order chi connectivity index (χ0) is 24.0. The van der Waals surface area contributed by atoms with E-state index in [1.807, 2.05) is 0 Å². The first kappa shape index (κ1) is 24.5. The standard InChI is InChI=1S/C23H28N2O7S/c1-4-32-23(27)21(16-9-6-5-7-10-16)24-22(26)18-11-8-14-25(18)33(28,29)17-12-13-19(30-2)20(15-17)31-3/h5-7,9-10,12-13,15,18,21H,4,8,11,14H2,1-3H3,(H,24,26). The normalized spacial score (nSPS) is 17.2. The van der Waals surface area contributed by atoms with Gasteiger partial charge in [0.15, 0.2) is 17.5 Å². The first-order chi connectivity index (χ1) is 15.8. The number of carbonyl (C=O) groups is 2. The molecule has 2 atom stereocenters. The van der Waals surface area contributed by atoms with Crippen molar-refractivity contribution >= 4 is 21.9 Å². The van der Waals surface area contributed by atoms with Crippen molar-refractivity contribution in [3.05, 3.63) is 54.1 Å². The van der Waals surface area contributed by atoms with Gasteiger partial charge in [0, 0.05) is 12.6 Å². The summed E-state index contributed by atoms with van der Waals surface area (Å²) >= 11 is 0. The van der Waals surface area contributed by atoms with Crippen LogP contribution in [0.2, 0.25) is 0 Å². The van der Waals surface area contributed by atoms with Gasteiger partial charge in [-0.2, -0.15) is 4.31 Å². The second-order valence-corrected chi connectivity index (χ2v) is 9.29. The van der Waals surface area contributed by atoms with Crippen LogP contribution in [0.15, 0.2) is 53.4 Å². The molecule has 3 rings (SSSR count). The SMILES string of the molecule is CCOC(=O)C(NC(=O)C1CCCN1S(=O)(=O)c1ccc(OC)c(OC)c1)c1ccccc1. The van der Waals surface area contributed by atoms with Gasteiger partial charge < -0.3 is 19.5 Å². The Kier molecular flexibility index (Phi) is 7.93. The Morgan fingerprint density at radius 2 is 1.79 bits per heavy atom. The van der Waals surface area contributed by atoms with Gasteiger partial charge >= 0.3 is 5.97 Å². The summed E-state index contributed by atoms with van der Waals surface area (Å²) in [5, 5.41) is 2.69. The van der Waals surface area contributed by atoms with Crippen LogP contribution in [0, 0.1) is 0 Å². The molecule has 0 bridgehead atoms. The maximum Gasteiger partial charge on any atom is 0.333 e. The number of sulfonamides is 1. The lowest BCUT2D eigenvalue weighted by atomic mass is 10.1. The second kappa shape index (κ2) is 10.7. The largest absolute Gasteiger partial charge is 0.493 e. The molecule has 1 N–H and O–H groups in total. The van der Waals surface area contributed by atoms with Crippen LogP contribution in [0.1, 0.15) is 31.4 Å². The van der Waals surface area contributed by atoms with Crippen LogP contribution in [0.25, 0.3) is 0 Å². The lowest BCUT2D eigenvalue weighted by molar-refractivity contribution is -0.148. The number of carbonyl (C=O) groups excluding carboxylic acids is 2. The van der Waals surface area contributed by atoms with Crippen LogP contribution in [-0.2, 0) is 24.3 Å². The molecule has 1 amide bonds. The fourth-order valence-electron chi connectivity index (χ4n) is 3.79. The summed E-state index contributed by atoms with van der Waals surface area (Å²) in [5.41, 5.74) is 0.552. The van der Waals surface area contributed by atoms with E-state index in [1.54, 1.807) is 37.3 Å². The molecule has 9 nitrogen and oxygen atoms in total. The summed E-state index contributed by atoms with van der Waals surface area (Å²) < 4.78 is 43.4. The average molecular weight is 477 g/mol. The molecule has 10 heteroatoms. The number of esters is 1. The van der Waals surface area contributed by atoms with Crippen molar-refractivity contribution < 1.29 is 32.2 Å². The molecule has 0 saturated carbocycles. The molecule has 1 fully saturated rings. The molecule has 178 valence electrons. The number of hydrogen-bond donors (Lipinski definition) is 1. The Morgan fingerprint density at radius 1 is 1.09 bits per heavy atom. The van der Waals surface area contributed by atoms with Gasteiger partial charge in [0.05, 0.1) is 25.7 Å². The van der Waals surface area contributed by atoms with Crippen molar-refractivity contribution in [3.8, 4) is 11.5 Å². The number of hydrogen-bond acceptors (Lipinski definition) is 7. The summed E-state index contributed by atoms with van der Waals surface area (Å²) in [6.45, 7) is 2.02. The molecule has 1 heterocycles. The third-order valence-corrected chi connectivity index (χ3v) is 7.31. The summed E-state index contributed by atoms with van der Waals surface area (Å²) in [4.78, 5) is 25.7. The Hall–Kier alpha value is -3.11. The van der Waals surface area contributed by atoms with E-state index in [0.29, 0.717) is 24.2 Å². The number of benzene rings is 2. The van der Waals surface area contributed by atoms with Crippen LogP contribution in [-0.4, -0.2) is 58.0 Å². The summed E-state index contributed by atoms with van der Waals surface area (Å²) in [6, 6.07) is 11.0. The number of amides is 1. The molecular weight excluding hydrogens is 448 g/mol. The molecule has 0 aliphatic carbocycles. The van der Waals surface area contributed by atoms with Crippen LogP contribution in [0.4, 0.5) is 0 Å². The molecule has 0 aromatic heterocycles. The Balaban J connectivity index is 1.86. The fraction of sp³-hybridized carbons (Fsp3) is 0.391. The lowest BCUT2D eigenvalue weighted by Crippen LogP contribution is -2.48. The number of methoxy groups -OCH3 is 2. The van der Waals surface area contributed by atoms with Crippen LogP contribution in [0.3, 0.4) is 0 Å². The molecular formula is C23H28N2O7S. The van der Waals surface area contributed by atoms with E-state index in [4.69, 9.17) is 14.2 Å². The Bertz CT molecular complexity index is 1090. The van der Waals surface area contributed by atoms with E-state index in [1.165, 1.54) is 32.4 Å². The van der Waals surface area contributed by atoms with Crippen molar-refractivity contribution in [1.29, 1.82) is 0 Å². The maximum atomic E-state index is 13.4. The fourth-order valence-corrected chi connectivity index (χ4v) is 5.46. The number of rotatable bonds is 9. The highest BCUT2D eigenvalue weighted by molar-refractivity contribution is 7.89. The Labute approximate surface area is 193 Å². The van der Waals surface area contributed by atoms with Crippen molar-refractivity contribution in [2.75, 3.05) is 27.4 Å². The van der Waals surface area contributed by atoms with Crippen LogP contribution >= 0.6 is 0 Å². The minimum absolute atomic E-state index is 0.00940. The zero-order valence-electron chi connectivity index (χ0n) is 18.8. The van der Waals surface area contributed by atoms with Gasteiger partial charge in [-0.15, -0.1) is 0 Å². The highest BCUT2D eigenvalue weighted by Crippen LogP contribution is 2.33. The maximum absolute atomic E-state index is 13.4. The lowest BCUT2D eigenvalue weighted by Gasteiger charge is -2.26. The second-order valence-electron chi connectivity index (χ2n) is 7.39. The van der Waals surface area contributed by atoms with E-state index < -0.39 is 34.0 Å². The monoisotopic (exact) mass is 476 g/mol. The minimum Gasteiger partial charge on any atom is -0.493 e. The molecule has 2 aromatic carbocycles. The third kappa shape index (κ3) is 5.28. The van der Waals surface area contributed by atoms with Gasteiger partial charge in [-0.25, -0.2) is 13.2 Å². The minimum atomic E-state index is -4.00. The van der Waals surface area contributed by atoms with Crippen LogP contribution in [0.5, 0.6) is 11.5 Å². The van der Waals surface area contributed by atoms with Gasteiger partial charge in [-0.05, 0) is 37.5 Å². The highest BCUT2D eigenvalue weighted by atomic mass is 32.2. The predicted molar refractivity (Wildman–Crippen MR) is 120 cm³/mol. The summed E-state index contributed by atoms with van der Waals surface area (Å²) in [5.74, 6) is -0.500. The van der Waals surface area contributed by atoms with Crippen LogP contribution < -0.4 is 14.8 Å². The van der Waals surface area contributed by atoms with E-state index in [-0.39, 0.29) is 23.8 Å². The van der Waals surface area contributed by atoms with Crippen molar-refractivity contribution in [3.63, 3.8) is 0 Å². The molecule has 0 spiro atoms. The molecule has 1 saturated heterocycles. The third-order valence-electron chi connectivity index (χ3n) is 5.41. The van der Waals surface area contributed by atoms with E-state index in [2.05, 4.69) is 5.32 Å². The molecule has 0 radical (unpaired) electrons. The number of nitrogens with one attached hydrogen (secondary N) is 1. The molecule has 2 unspecified atom stereocenters. The van der Waals surface area contributed by atoms with Crippen molar-refractivity contribution in [2.45, 2.75) is 36.7 Å². The van der Waals surface area contributed by atoms with Gasteiger partial charge in [-0.1, -0.05) is 30.3 Å². The quantitative estimate of drug-likeness (QED) is 0.553. The van der Waals surface area contributed by atoms with Crippen molar-refractivity contribution in [1.82, 2.24) is 9.62 Å². The molecule has 1 aliphatic heterocycles. The first-order valence-corrected chi connectivity index (χ1v) is 12.0. The zero-order valence-corrected chi connectivity index (χ0v) is 19.6. The summed E-state index contributed by atoms with van der Waals surface area (Å²) in [7, 11) is -1.13. The average Bonchev–Trinajstić information content (AvgIpc) is 3.33. The smallest absolute Gasteiger partial charge is 0.333 e. The topological polar surface area (TPSA) is 111 Å². The van der Waals surface area contributed by atoms with Gasteiger partial charge in [0.25, 0.3) is 0 Å². The summed E-state index contributed by atoms with van der Waals surface area (Å²) in [6.07, 6.45) is 0.850. The first-order valence-electron chi connectivity index (χ1n) is 10.6. The van der Waals surface area contributed by atoms with Crippen molar-refractivity contribution in [2.24, 2.45) is 0 Å². The van der Waals surface area contributed by atoms with Gasteiger partial charge in [0.2, 0.25) is 15.9 Å². The molecule has 2 aromatic rings.